The average molecular weight is 279 g/mol. The number of benzene rings is 1. The Kier molecular flexibility index (Phi) is 3.64. The molecule has 5 heteroatoms. The van der Waals surface area contributed by atoms with Gasteiger partial charge in [0.05, 0.1) is 18.4 Å². The van der Waals surface area contributed by atoms with Crippen LogP contribution < -0.4 is 4.90 Å². The molecule has 0 amide bonds. The summed E-state index contributed by atoms with van der Waals surface area (Å²) in [6.45, 7) is 0.629. The van der Waals surface area contributed by atoms with Gasteiger partial charge in [-0.15, -0.1) is 5.10 Å². The summed E-state index contributed by atoms with van der Waals surface area (Å²) in [6.07, 6.45) is 3.73. The highest BCUT2D eigenvalue weighted by Crippen LogP contribution is 2.20. The predicted octanol–water partition coefficient (Wildman–Crippen LogP) is 2.45. The number of pyridine rings is 1. The van der Waals surface area contributed by atoms with Crippen LogP contribution in [0.5, 0.6) is 0 Å². The first-order valence-corrected chi connectivity index (χ1v) is 6.80. The van der Waals surface area contributed by atoms with Crippen LogP contribution in [0.3, 0.4) is 0 Å². The molecule has 3 rings (SSSR count). The fraction of sp³-hybridized carbons (Fsp3) is 0.188. The maximum atomic E-state index is 4.29. The van der Waals surface area contributed by atoms with Crippen LogP contribution in [-0.2, 0) is 6.54 Å². The number of anilines is 1. The van der Waals surface area contributed by atoms with E-state index < -0.39 is 0 Å². The van der Waals surface area contributed by atoms with Gasteiger partial charge in [0.2, 0.25) is 0 Å². The van der Waals surface area contributed by atoms with Crippen LogP contribution in [0.25, 0.3) is 11.3 Å². The summed E-state index contributed by atoms with van der Waals surface area (Å²) < 4.78 is 1.80. The van der Waals surface area contributed by atoms with E-state index in [0.29, 0.717) is 6.54 Å². The van der Waals surface area contributed by atoms with Gasteiger partial charge >= 0.3 is 0 Å². The van der Waals surface area contributed by atoms with Crippen molar-refractivity contribution in [2.75, 3.05) is 19.0 Å². The van der Waals surface area contributed by atoms with Crippen molar-refractivity contribution in [2.24, 2.45) is 0 Å². The van der Waals surface area contributed by atoms with Crippen molar-refractivity contribution >= 4 is 5.69 Å². The molecule has 0 bridgehead atoms. The Hall–Kier alpha value is -2.69. The van der Waals surface area contributed by atoms with E-state index >= 15 is 0 Å². The second kappa shape index (κ2) is 5.75. The first-order valence-electron chi connectivity index (χ1n) is 6.80. The first-order chi connectivity index (χ1) is 10.2. The van der Waals surface area contributed by atoms with Crippen molar-refractivity contribution in [3.8, 4) is 11.3 Å². The number of hydrogen-bond acceptors (Lipinski definition) is 4. The number of nitrogens with zero attached hydrogens (tertiary/aromatic N) is 5. The Labute approximate surface area is 123 Å². The number of hydrogen-bond donors (Lipinski definition) is 0. The van der Waals surface area contributed by atoms with E-state index in [-0.39, 0.29) is 0 Å². The molecule has 0 spiro atoms. The summed E-state index contributed by atoms with van der Waals surface area (Å²) >= 11 is 0. The predicted molar refractivity (Wildman–Crippen MR) is 83.1 cm³/mol. The Morgan fingerprint density at radius 2 is 1.86 bits per heavy atom. The SMILES string of the molecule is CN(C)c1ccc(-c2cn(Cc3ccccn3)nn2)cc1. The van der Waals surface area contributed by atoms with Crippen LogP contribution in [-0.4, -0.2) is 34.1 Å². The highest BCUT2D eigenvalue weighted by atomic mass is 15.4. The molecule has 2 heterocycles. The van der Waals surface area contributed by atoms with Gasteiger partial charge < -0.3 is 4.90 Å². The van der Waals surface area contributed by atoms with Gasteiger partial charge in [-0.25, -0.2) is 4.68 Å². The minimum atomic E-state index is 0.629. The molecule has 0 unspecified atom stereocenters. The molecule has 106 valence electrons. The standard InChI is InChI=1S/C16H17N5/c1-20(2)15-8-6-13(7-9-15)16-12-21(19-18-16)11-14-5-3-4-10-17-14/h3-10,12H,11H2,1-2H3. The fourth-order valence-corrected chi connectivity index (χ4v) is 2.10. The molecular formula is C16H17N5. The van der Waals surface area contributed by atoms with Gasteiger partial charge in [-0.05, 0) is 24.3 Å². The van der Waals surface area contributed by atoms with Crippen LogP contribution in [0.1, 0.15) is 5.69 Å². The third-order valence-corrected chi connectivity index (χ3v) is 3.27. The van der Waals surface area contributed by atoms with E-state index in [1.54, 1.807) is 10.9 Å². The monoisotopic (exact) mass is 279 g/mol. The third-order valence-electron chi connectivity index (χ3n) is 3.27. The van der Waals surface area contributed by atoms with Gasteiger partial charge in [0.1, 0.15) is 5.69 Å². The lowest BCUT2D eigenvalue weighted by Gasteiger charge is -2.11. The van der Waals surface area contributed by atoms with Gasteiger partial charge in [-0.3, -0.25) is 4.98 Å². The molecule has 0 saturated heterocycles. The maximum Gasteiger partial charge on any atom is 0.113 e. The topological polar surface area (TPSA) is 46.8 Å². The normalized spacial score (nSPS) is 10.6. The Balaban J connectivity index is 1.78. The molecule has 0 N–H and O–H groups in total. The van der Waals surface area contributed by atoms with Crippen molar-refractivity contribution in [2.45, 2.75) is 6.54 Å². The lowest BCUT2D eigenvalue weighted by molar-refractivity contribution is 0.639. The highest BCUT2D eigenvalue weighted by Gasteiger charge is 2.05. The van der Waals surface area contributed by atoms with Gasteiger partial charge in [0.15, 0.2) is 0 Å². The van der Waals surface area contributed by atoms with Gasteiger partial charge in [0.25, 0.3) is 0 Å². The number of aromatic nitrogens is 4. The highest BCUT2D eigenvalue weighted by molar-refractivity contribution is 5.61. The average Bonchev–Trinajstić information content (AvgIpc) is 2.97. The molecule has 21 heavy (non-hydrogen) atoms. The van der Waals surface area contributed by atoms with Crippen LogP contribution in [0.2, 0.25) is 0 Å². The summed E-state index contributed by atoms with van der Waals surface area (Å²) in [5, 5.41) is 8.39. The molecule has 2 aromatic heterocycles. The van der Waals surface area contributed by atoms with Gasteiger partial charge in [-0.1, -0.05) is 23.4 Å². The summed E-state index contributed by atoms with van der Waals surface area (Å²) in [5.41, 5.74) is 4.07. The molecule has 1 aromatic carbocycles. The minimum Gasteiger partial charge on any atom is -0.378 e. The van der Waals surface area contributed by atoms with E-state index in [0.717, 1.165) is 17.0 Å². The van der Waals surface area contributed by atoms with Gasteiger partial charge in [-0.2, -0.15) is 0 Å². The van der Waals surface area contributed by atoms with Crippen molar-refractivity contribution in [1.82, 2.24) is 20.0 Å². The molecule has 0 aliphatic rings. The zero-order valence-electron chi connectivity index (χ0n) is 12.1. The van der Waals surface area contributed by atoms with Crippen molar-refractivity contribution < 1.29 is 0 Å². The summed E-state index contributed by atoms with van der Waals surface area (Å²) in [6, 6.07) is 14.1. The molecule has 0 radical (unpaired) electrons. The minimum absolute atomic E-state index is 0.629. The van der Waals surface area contributed by atoms with Crippen LogP contribution >= 0.6 is 0 Å². The lowest BCUT2D eigenvalue weighted by atomic mass is 10.1. The molecule has 0 aliphatic heterocycles. The van der Waals surface area contributed by atoms with Gasteiger partial charge in [0, 0.05) is 31.5 Å². The zero-order chi connectivity index (χ0) is 14.7. The van der Waals surface area contributed by atoms with Crippen molar-refractivity contribution in [1.29, 1.82) is 0 Å². The second-order valence-corrected chi connectivity index (χ2v) is 5.06. The van der Waals surface area contributed by atoms with E-state index in [9.17, 15) is 0 Å². The zero-order valence-corrected chi connectivity index (χ0v) is 12.1. The maximum absolute atomic E-state index is 4.29. The largest absolute Gasteiger partial charge is 0.378 e. The molecule has 3 aromatic rings. The fourth-order valence-electron chi connectivity index (χ4n) is 2.10. The molecule has 0 atom stereocenters. The molecule has 0 fully saturated rings. The van der Waals surface area contributed by atoms with E-state index in [1.165, 1.54) is 5.69 Å². The summed E-state index contributed by atoms with van der Waals surface area (Å²) in [4.78, 5) is 6.36. The van der Waals surface area contributed by atoms with Crippen LogP contribution in [0.15, 0.2) is 54.9 Å². The Morgan fingerprint density at radius 3 is 2.52 bits per heavy atom. The Bertz CT molecular complexity index is 701. The summed E-state index contributed by atoms with van der Waals surface area (Å²) in [7, 11) is 4.05. The van der Waals surface area contributed by atoms with Crippen LogP contribution in [0.4, 0.5) is 5.69 Å². The number of rotatable bonds is 4. The third kappa shape index (κ3) is 3.08. The molecular weight excluding hydrogens is 262 g/mol. The molecule has 0 saturated carbocycles. The van der Waals surface area contributed by atoms with E-state index in [2.05, 4.69) is 44.5 Å². The van der Waals surface area contributed by atoms with Crippen LogP contribution in [0, 0.1) is 0 Å². The second-order valence-electron chi connectivity index (χ2n) is 5.06. The molecule has 5 nitrogen and oxygen atoms in total. The first kappa shape index (κ1) is 13.3. The van der Waals surface area contributed by atoms with E-state index in [4.69, 9.17) is 0 Å². The molecule has 0 aliphatic carbocycles. The summed E-state index contributed by atoms with van der Waals surface area (Å²) in [5.74, 6) is 0. The Morgan fingerprint density at radius 1 is 1.05 bits per heavy atom. The van der Waals surface area contributed by atoms with Crippen molar-refractivity contribution in [3.63, 3.8) is 0 Å². The smallest absolute Gasteiger partial charge is 0.113 e. The van der Waals surface area contributed by atoms with Crippen molar-refractivity contribution in [3.05, 3.63) is 60.6 Å². The van der Waals surface area contributed by atoms with E-state index in [1.807, 2.05) is 38.5 Å². The lowest BCUT2D eigenvalue weighted by Crippen LogP contribution is -2.07. The quantitative estimate of drug-likeness (QED) is 0.736.